The average Bonchev–Trinajstić information content (AvgIpc) is 2.24. The molecule has 8 heteroatoms. The van der Waals surface area contributed by atoms with Gasteiger partial charge >= 0.3 is 16.8 Å². The standard InChI is InChI=1S/C11H16Br2F2O4/c1-3-18-9(16)8(10(17)19-4-2)5-7(12)6-11(13,14)15/h7-8H,3-6H2,1-2H3. The van der Waals surface area contributed by atoms with Crippen LogP contribution in [0.3, 0.4) is 0 Å². The molecule has 0 aromatic heterocycles. The van der Waals surface area contributed by atoms with E-state index in [1.165, 1.54) is 0 Å². The Bertz CT molecular complexity index is 290. The quantitative estimate of drug-likeness (QED) is 0.350. The summed E-state index contributed by atoms with van der Waals surface area (Å²) < 4.78 is 35.0. The van der Waals surface area contributed by atoms with Crippen LogP contribution < -0.4 is 0 Å². The largest absolute Gasteiger partial charge is 0.465 e. The van der Waals surface area contributed by atoms with E-state index in [1.807, 2.05) is 0 Å². The molecule has 112 valence electrons. The van der Waals surface area contributed by atoms with Gasteiger partial charge in [-0.2, -0.15) is 8.78 Å². The predicted molar refractivity (Wildman–Crippen MR) is 72.6 cm³/mol. The fourth-order valence-electron chi connectivity index (χ4n) is 1.36. The molecule has 0 bridgehead atoms. The van der Waals surface area contributed by atoms with Crippen molar-refractivity contribution in [1.29, 1.82) is 0 Å². The Morgan fingerprint density at radius 3 is 1.89 bits per heavy atom. The summed E-state index contributed by atoms with van der Waals surface area (Å²) in [6.45, 7) is 3.41. The van der Waals surface area contributed by atoms with Crippen molar-refractivity contribution in [2.75, 3.05) is 13.2 Å². The Hall–Kier alpha value is -0.240. The molecule has 0 saturated carbocycles. The lowest BCUT2D eigenvalue weighted by molar-refractivity contribution is -0.162. The zero-order valence-corrected chi connectivity index (χ0v) is 13.8. The summed E-state index contributed by atoms with van der Waals surface area (Å²) in [5.74, 6) is -2.72. The van der Waals surface area contributed by atoms with Gasteiger partial charge in [-0.1, -0.05) is 15.9 Å². The van der Waals surface area contributed by atoms with Gasteiger partial charge in [0.15, 0.2) is 5.92 Å². The van der Waals surface area contributed by atoms with Crippen molar-refractivity contribution in [2.24, 2.45) is 5.92 Å². The first-order valence-corrected chi connectivity index (χ1v) is 7.46. The van der Waals surface area contributed by atoms with E-state index in [0.717, 1.165) is 0 Å². The molecule has 0 aromatic rings. The molecule has 0 heterocycles. The molecule has 0 radical (unpaired) electrons. The van der Waals surface area contributed by atoms with E-state index in [0.29, 0.717) is 0 Å². The number of ether oxygens (including phenoxy) is 2. The third-order valence-electron chi connectivity index (χ3n) is 2.09. The van der Waals surface area contributed by atoms with Crippen LogP contribution in [0.1, 0.15) is 26.7 Å². The molecule has 0 saturated heterocycles. The third kappa shape index (κ3) is 8.52. The van der Waals surface area contributed by atoms with Crippen LogP contribution in [0.15, 0.2) is 0 Å². The van der Waals surface area contributed by atoms with Gasteiger partial charge < -0.3 is 9.47 Å². The molecule has 0 fully saturated rings. The first kappa shape index (κ1) is 18.8. The smallest absolute Gasteiger partial charge is 0.320 e. The summed E-state index contributed by atoms with van der Waals surface area (Å²) in [5.41, 5.74) is 0. The average molecular weight is 410 g/mol. The molecule has 0 rings (SSSR count). The number of rotatable bonds is 8. The maximum atomic E-state index is 12.8. The van der Waals surface area contributed by atoms with Crippen LogP contribution >= 0.6 is 31.9 Å². The number of esters is 2. The minimum Gasteiger partial charge on any atom is -0.465 e. The minimum atomic E-state index is -3.06. The summed E-state index contributed by atoms with van der Waals surface area (Å²) in [6, 6.07) is 0. The minimum absolute atomic E-state index is 0.107. The highest BCUT2D eigenvalue weighted by molar-refractivity contribution is 9.10. The number of hydrogen-bond donors (Lipinski definition) is 0. The number of alkyl halides is 4. The topological polar surface area (TPSA) is 52.6 Å². The molecule has 1 atom stereocenters. The molecule has 0 N–H and O–H groups in total. The number of carbonyl (C=O) groups is 2. The molecule has 1 unspecified atom stereocenters. The molecule has 0 aliphatic heterocycles. The fraction of sp³-hybridized carbons (Fsp3) is 0.818. The van der Waals surface area contributed by atoms with E-state index in [1.54, 1.807) is 13.8 Å². The molecular weight excluding hydrogens is 394 g/mol. The van der Waals surface area contributed by atoms with Crippen molar-refractivity contribution >= 4 is 43.8 Å². The van der Waals surface area contributed by atoms with Crippen molar-refractivity contribution in [3.05, 3.63) is 0 Å². The van der Waals surface area contributed by atoms with Gasteiger partial charge in [-0.05, 0) is 36.2 Å². The molecule has 19 heavy (non-hydrogen) atoms. The first-order chi connectivity index (χ1) is 8.71. The van der Waals surface area contributed by atoms with Gasteiger partial charge in [0, 0.05) is 11.2 Å². The van der Waals surface area contributed by atoms with Crippen LogP contribution in [0.4, 0.5) is 8.78 Å². The molecule has 4 nitrogen and oxygen atoms in total. The second-order valence-corrected chi connectivity index (χ2v) is 6.16. The summed E-state index contributed by atoms with van der Waals surface area (Å²) >= 11 is 5.24. The molecule has 0 aliphatic carbocycles. The lowest BCUT2D eigenvalue weighted by atomic mass is 10.0. The van der Waals surface area contributed by atoms with E-state index in [4.69, 9.17) is 9.47 Å². The highest BCUT2D eigenvalue weighted by atomic mass is 79.9. The molecule has 0 spiro atoms. The van der Waals surface area contributed by atoms with Crippen molar-refractivity contribution in [2.45, 2.75) is 36.3 Å². The van der Waals surface area contributed by atoms with E-state index in [9.17, 15) is 18.4 Å². The molecular formula is C11H16Br2F2O4. The third-order valence-corrected chi connectivity index (χ3v) is 3.11. The number of hydrogen-bond acceptors (Lipinski definition) is 4. The Kier molecular flexibility index (Phi) is 8.73. The first-order valence-electron chi connectivity index (χ1n) is 5.75. The SMILES string of the molecule is CCOC(=O)C(CC(Br)CC(F)(F)Br)C(=O)OCC. The second kappa shape index (κ2) is 8.84. The Balaban J connectivity index is 4.66. The van der Waals surface area contributed by atoms with Gasteiger partial charge in [0.25, 0.3) is 0 Å². The van der Waals surface area contributed by atoms with Crippen LogP contribution in [-0.2, 0) is 19.1 Å². The monoisotopic (exact) mass is 408 g/mol. The van der Waals surface area contributed by atoms with Crippen LogP contribution in [-0.4, -0.2) is 34.8 Å². The van der Waals surface area contributed by atoms with Gasteiger partial charge in [-0.15, -0.1) is 0 Å². The summed E-state index contributed by atoms with van der Waals surface area (Å²) in [6.07, 6.45) is -0.666. The van der Waals surface area contributed by atoms with Gasteiger partial charge in [0.2, 0.25) is 0 Å². The van der Waals surface area contributed by atoms with Crippen LogP contribution in [0.2, 0.25) is 0 Å². The Morgan fingerprint density at radius 1 is 1.16 bits per heavy atom. The van der Waals surface area contributed by atoms with E-state index in [2.05, 4.69) is 31.9 Å². The summed E-state index contributed by atoms with van der Waals surface area (Å²) in [5, 5.41) is 0. The number of carbonyl (C=O) groups excluding carboxylic acids is 2. The maximum absolute atomic E-state index is 12.8. The molecule has 0 amide bonds. The fourth-order valence-corrected chi connectivity index (χ4v) is 2.97. The van der Waals surface area contributed by atoms with E-state index >= 15 is 0 Å². The predicted octanol–water partition coefficient (Wildman–Crippen LogP) is 3.26. The second-order valence-electron chi connectivity index (χ2n) is 3.71. The highest BCUT2D eigenvalue weighted by Gasteiger charge is 2.35. The van der Waals surface area contributed by atoms with Crippen molar-refractivity contribution in [3.8, 4) is 0 Å². The highest BCUT2D eigenvalue weighted by Crippen LogP contribution is 2.32. The van der Waals surface area contributed by atoms with Crippen LogP contribution in [0.5, 0.6) is 0 Å². The normalized spacial score (nSPS) is 13.2. The molecule has 0 aliphatic rings. The summed E-state index contributed by atoms with van der Waals surface area (Å²) in [7, 11) is 0. The van der Waals surface area contributed by atoms with E-state index < -0.39 is 33.9 Å². The lowest BCUT2D eigenvalue weighted by Crippen LogP contribution is -2.31. The zero-order valence-electron chi connectivity index (χ0n) is 10.6. The van der Waals surface area contributed by atoms with Gasteiger partial charge in [-0.25, -0.2) is 0 Å². The van der Waals surface area contributed by atoms with Gasteiger partial charge in [0.05, 0.1) is 13.2 Å². The maximum Gasteiger partial charge on any atom is 0.320 e. The Labute approximate surface area is 127 Å². The zero-order chi connectivity index (χ0) is 15.1. The van der Waals surface area contributed by atoms with Crippen molar-refractivity contribution < 1.29 is 27.8 Å². The van der Waals surface area contributed by atoms with Crippen LogP contribution in [0.25, 0.3) is 0 Å². The van der Waals surface area contributed by atoms with Crippen molar-refractivity contribution in [1.82, 2.24) is 0 Å². The number of halogens is 4. The van der Waals surface area contributed by atoms with Crippen LogP contribution in [0, 0.1) is 5.92 Å². The van der Waals surface area contributed by atoms with Gasteiger partial charge in [0.1, 0.15) is 0 Å². The lowest BCUT2D eigenvalue weighted by Gasteiger charge is -2.19. The molecule has 0 aromatic carbocycles. The Morgan fingerprint density at radius 2 is 1.58 bits per heavy atom. The van der Waals surface area contributed by atoms with Crippen molar-refractivity contribution in [3.63, 3.8) is 0 Å². The summed E-state index contributed by atoms with van der Waals surface area (Å²) in [4.78, 5) is 19.5. The van der Waals surface area contributed by atoms with E-state index in [-0.39, 0.29) is 19.6 Å². The van der Waals surface area contributed by atoms with Gasteiger partial charge in [-0.3, -0.25) is 9.59 Å².